The number of benzene rings is 2. The molecule has 2 heterocycles. The highest BCUT2D eigenvalue weighted by molar-refractivity contribution is 8.00. The fourth-order valence-corrected chi connectivity index (χ4v) is 5.26. The van der Waals surface area contributed by atoms with E-state index in [-0.39, 0.29) is 22.9 Å². The highest BCUT2D eigenvalue weighted by Crippen LogP contribution is 2.30. The highest BCUT2D eigenvalue weighted by atomic mass is 32.2. The summed E-state index contributed by atoms with van der Waals surface area (Å²) < 4.78 is 1.43. The molecule has 3 aromatic rings. The van der Waals surface area contributed by atoms with Gasteiger partial charge in [0, 0.05) is 30.0 Å². The lowest BCUT2D eigenvalue weighted by molar-refractivity contribution is -0.384. The number of fused-ring (bicyclic) bond motifs is 1. The smallest absolute Gasteiger partial charge is 0.272 e. The van der Waals surface area contributed by atoms with Gasteiger partial charge >= 0.3 is 0 Å². The number of carbonyl (C=O) groups is 1. The Morgan fingerprint density at radius 3 is 2.69 bits per heavy atom. The molecule has 0 fully saturated rings. The predicted molar refractivity (Wildman–Crippen MR) is 126 cm³/mol. The summed E-state index contributed by atoms with van der Waals surface area (Å²) in [5.74, 6) is 0.638. The third kappa shape index (κ3) is 4.56. The summed E-state index contributed by atoms with van der Waals surface area (Å²) in [4.78, 5) is 41.5. The fourth-order valence-electron chi connectivity index (χ4n) is 3.41. The second kappa shape index (κ2) is 9.17. The van der Waals surface area contributed by atoms with E-state index in [2.05, 4.69) is 10.3 Å². The summed E-state index contributed by atoms with van der Waals surface area (Å²) in [5, 5.41) is 14.3. The number of anilines is 1. The van der Waals surface area contributed by atoms with E-state index in [1.54, 1.807) is 0 Å². The van der Waals surface area contributed by atoms with Gasteiger partial charge in [0.25, 0.3) is 11.2 Å². The Balaban J connectivity index is 1.61. The van der Waals surface area contributed by atoms with Gasteiger partial charge in [-0.1, -0.05) is 29.5 Å². The van der Waals surface area contributed by atoms with Crippen LogP contribution in [0, 0.1) is 24.0 Å². The first kappa shape index (κ1) is 22.1. The monoisotopic (exact) mass is 468 g/mol. The Morgan fingerprint density at radius 1 is 1.25 bits per heavy atom. The van der Waals surface area contributed by atoms with Crippen molar-refractivity contribution in [2.24, 2.45) is 0 Å². The number of aromatic nitrogens is 2. The minimum Gasteiger partial charge on any atom is -0.325 e. The van der Waals surface area contributed by atoms with Gasteiger partial charge in [-0.25, -0.2) is 4.98 Å². The molecule has 8 nitrogen and oxygen atoms in total. The zero-order valence-electron chi connectivity index (χ0n) is 17.5. The lowest BCUT2D eigenvalue weighted by Gasteiger charge is -2.14. The molecule has 1 aliphatic rings. The maximum Gasteiger partial charge on any atom is 0.272 e. The molecule has 0 saturated carbocycles. The first-order valence-corrected chi connectivity index (χ1v) is 11.8. The van der Waals surface area contributed by atoms with Gasteiger partial charge in [0.05, 0.1) is 27.0 Å². The van der Waals surface area contributed by atoms with Crippen LogP contribution >= 0.6 is 23.5 Å². The van der Waals surface area contributed by atoms with Gasteiger partial charge in [0.1, 0.15) is 0 Å². The Morgan fingerprint density at radius 2 is 2.00 bits per heavy atom. The number of carbonyl (C=O) groups excluding carboxylic acids is 1. The number of hydrogen-bond acceptors (Lipinski definition) is 7. The van der Waals surface area contributed by atoms with Crippen LogP contribution in [0.15, 0.2) is 57.3 Å². The number of rotatable bonds is 6. The molecule has 1 amide bonds. The van der Waals surface area contributed by atoms with Crippen molar-refractivity contribution < 1.29 is 9.72 Å². The van der Waals surface area contributed by atoms with Crippen LogP contribution in [0.5, 0.6) is 0 Å². The number of nitrogens with one attached hydrogen (secondary N) is 1. The topological polar surface area (TPSA) is 107 Å². The molecule has 0 radical (unpaired) electrons. The van der Waals surface area contributed by atoms with E-state index < -0.39 is 4.92 Å². The van der Waals surface area contributed by atoms with Gasteiger partial charge in [-0.3, -0.25) is 24.3 Å². The van der Waals surface area contributed by atoms with Gasteiger partial charge in [0.15, 0.2) is 5.16 Å². The molecular formula is C22H20N4O4S2. The van der Waals surface area contributed by atoms with Crippen LogP contribution in [0.1, 0.15) is 16.8 Å². The molecule has 0 unspecified atom stereocenters. The lowest BCUT2D eigenvalue weighted by Crippen LogP contribution is -2.24. The van der Waals surface area contributed by atoms with Crippen LogP contribution in [-0.2, 0) is 11.2 Å². The van der Waals surface area contributed by atoms with Crippen molar-refractivity contribution in [3.63, 3.8) is 0 Å². The van der Waals surface area contributed by atoms with Gasteiger partial charge in [-0.05, 0) is 37.6 Å². The van der Waals surface area contributed by atoms with Crippen LogP contribution in [0.4, 0.5) is 11.4 Å². The van der Waals surface area contributed by atoms with Crippen LogP contribution in [-0.4, -0.2) is 31.9 Å². The molecule has 32 heavy (non-hydrogen) atoms. The van der Waals surface area contributed by atoms with Crippen molar-refractivity contribution in [3.8, 4) is 5.69 Å². The number of nitrogens with zero attached hydrogens (tertiary/aromatic N) is 3. The maximum atomic E-state index is 13.2. The summed E-state index contributed by atoms with van der Waals surface area (Å²) in [5.41, 5.74) is 3.75. The maximum absolute atomic E-state index is 13.2. The van der Waals surface area contributed by atoms with Crippen molar-refractivity contribution in [3.05, 3.63) is 79.8 Å². The van der Waals surface area contributed by atoms with E-state index in [0.29, 0.717) is 22.2 Å². The number of nitro groups is 1. The molecule has 4 rings (SSSR count). The van der Waals surface area contributed by atoms with E-state index >= 15 is 0 Å². The predicted octanol–water partition coefficient (Wildman–Crippen LogP) is 4.14. The van der Waals surface area contributed by atoms with Crippen molar-refractivity contribution in [2.45, 2.75) is 30.3 Å². The Kier molecular flexibility index (Phi) is 6.33. The number of hydrogen-bond donors (Lipinski definition) is 1. The molecule has 0 bridgehead atoms. The van der Waals surface area contributed by atoms with E-state index in [1.165, 1.54) is 52.4 Å². The molecule has 0 saturated heterocycles. The minimum atomic E-state index is -0.490. The van der Waals surface area contributed by atoms with Crippen LogP contribution in [0.2, 0.25) is 0 Å². The Labute approximate surface area is 192 Å². The first-order valence-electron chi connectivity index (χ1n) is 9.87. The summed E-state index contributed by atoms with van der Waals surface area (Å²) in [6.07, 6.45) is 0.693. The number of thioether (sulfide) groups is 2. The summed E-state index contributed by atoms with van der Waals surface area (Å²) in [6, 6.07) is 11.5. The third-order valence-electron chi connectivity index (χ3n) is 4.97. The molecule has 10 heteroatoms. The Bertz CT molecular complexity index is 1270. The number of amides is 1. The van der Waals surface area contributed by atoms with Crippen molar-refractivity contribution in [1.29, 1.82) is 0 Å². The van der Waals surface area contributed by atoms with Gasteiger partial charge in [0.2, 0.25) is 5.91 Å². The van der Waals surface area contributed by atoms with Crippen LogP contribution in [0.3, 0.4) is 0 Å². The Hall–Kier alpha value is -3.11. The average molecular weight is 469 g/mol. The molecular weight excluding hydrogens is 448 g/mol. The van der Waals surface area contributed by atoms with Crippen LogP contribution < -0.4 is 10.9 Å². The van der Waals surface area contributed by atoms with Crippen molar-refractivity contribution in [1.82, 2.24) is 9.55 Å². The zero-order chi connectivity index (χ0) is 22.8. The van der Waals surface area contributed by atoms with Crippen molar-refractivity contribution in [2.75, 3.05) is 16.8 Å². The SMILES string of the molecule is Cc1ccc(NC(=O)CSc2nc3c(c(=O)n2-c2ccc([N+](=O)[O-])cc2)SCC3)c(C)c1. The van der Waals surface area contributed by atoms with Gasteiger partial charge in [-0.15, -0.1) is 11.8 Å². The quantitative estimate of drug-likeness (QED) is 0.251. The zero-order valence-corrected chi connectivity index (χ0v) is 19.1. The summed E-state index contributed by atoms with van der Waals surface area (Å²) in [7, 11) is 0. The van der Waals surface area contributed by atoms with E-state index in [0.717, 1.165) is 28.3 Å². The summed E-state index contributed by atoms with van der Waals surface area (Å²) in [6.45, 7) is 3.92. The number of nitro benzene ring substituents is 1. The number of aryl methyl sites for hydroxylation is 3. The molecule has 1 N–H and O–H groups in total. The van der Waals surface area contributed by atoms with Crippen LogP contribution in [0.25, 0.3) is 5.69 Å². The second-order valence-electron chi connectivity index (χ2n) is 7.34. The molecule has 164 valence electrons. The van der Waals surface area contributed by atoms with Crippen molar-refractivity contribution >= 4 is 40.8 Å². The molecule has 0 aliphatic carbocycles. The average Bonchev–Trinajstić information content (AvgIpc) is 3.23. The number of non-ortho nitro benzene ring substituents is 1. The second-order valence-corrected chi connectivity index (χ2v) is 9.39. The third-order valence-corrected chi connectivity index (χ3v) is 7.02. The molecule has 2 aromatic carbocycles. The highest BCUT2D eigenvalue weighted by Gasteiger charge is 2.23. The molecule has 1 aromatic heterocycles. The largest absolute Gasteiger partial charge is 0.325 e. The van der Waals surface area contributed by atoms with E-state index in [1.807, 2.05) is 32.0 Å². The minimum absolute atomic E-state index is 0.0626. The van der Waals surface area contributed by atoms with Gasteiger partial charge in [-0.2, -0.15) is 0 Å². The van der Waals surface area contributed by atoms with E-state index in [9.17, 15) is 19.7 Å². The van der Waals surface area contributed by atoms with Gasteiger partial charge < -0.3 is 5.32 Å². The lowest BCUT2D eigenvalue weighted by atomic mass is 10.1. The molecule has 0 spiro atoms. The summed E-state index contributed by atoms with van der Waals surface area (Å²) >= 11 is 2.62. The van der Waals surface area contributed by atoms with E-state index in [4.69, 9.17) is 0 Å². The normalized spacial score (nSPS) is 12.4. The fraction of sp³-hybridized carbons (Fsp3) is 0.227. The first-order chi connectivity index (χ1) is 15.3. The standard InChI is InChI=1S/C22H20N4O4S2/c1-13-3-8-17(14(2)11-13)23-19(27)12-32-22-24-18-9-10-31-20(18)21(28)25(22)15-4-6-16(7-5-15)26(29)30/h3-8,11H,9-10,12H2,1-2H3,(H,23,27). The molecule has 1 aliphatic heterocycles. The molecule has 0 atom stereocenters.